The van der Waals surface area contributed by atoms with Gasteiger partial charge in [-0.25, -0.2) is 4.98 Å². The third kappa shape index (κ3) is 2.43. The van der Waals surface area contributed by atoms with Gasteiger partial charge in [-0.3, -0.25) is 0 Å². The van der Waals surface area contributed by atoms with Crippen LogP contribution in [0.15, 0.2) is 11.6 Å². The lowest BCUT2D eigenvalue weighted by atomic mass is 10.7. The Bertz CT molecular complexity index is 164. The summed E-state index contributed by atoms with van der Waals surface area (Å²) >= 11 is 1.60. The van der Waals surface area contributed by atoms with Crippen molar-refractivity contribution in [3.8, 4) is 0 Å². The van der Waals surface area contributed by atoms with Crippen LogP contribution in [-0.2, 0) is 11.3 Å². The van der Waals surface area contributed by atoms with Crippen LogP contribution < -0.4 is 5.73 Å². The largest absolute Gasteiger partial charge is 0.373 e. The van der Waals surface area contributed by atoms with E-state index in [1.807, 2.05) is 5.38 Å². The van der Waals surface area contributed by atoms with Gasteiger partial charge in [0.05, 0.1) is 13.2 Å². The Kier molecular flexibility index (Phi) is 3.35. The van der Waals surface area contributed by atoms with Crippen LogP contribution in [0.25, 0.3) is 0 Å². The minimum atomic E-state index is 0.575. The molecule has 0 aliphatic rings. The Morgan fingerprint density at radius 1 is 1.70 bits per heavy atom. The summed E-state index contributed by atoms with van der Waals surface area (Å²) in [6.45, 7) is 1.78. The van der Waals surface area contributed by atoms with Crippen LogP contribution in [0, 0.1) is 0 Å². The van der Waals surface area contributed by atoms with Crippen LogP contribution >= 0.6 is 11.3 Å². The molecule has 1 aromatic heterocycles. The minimum Gasteiger partial charge on any atom is -0.373 e. The molecule has 1 aromatic rings. The number of nitrogens with two attached hydrogens (primary N) is 1. The molecular weight excluding hydrogens is 148 g/mol. The molecule has 0 radical (unpaired) electrons. The SMILES string of the molecule is NCCOCc1nccs1. The first-order valence-electron chi connectivity index (χ1n) is 3.09. The van der Waals surface area contributed by atoms with Crippen molar-refractivity contribution in [1.82, 2.24) is 4.98 Å². The Hall–Kier alpha value is -0.450. The summed E-state index contributed by atoms with van der Waals surface area (Å²) in [6, 6.07) is 0. The Balaban J connectivity index is 2.15. The second kappa shape index (κ2) is 4.38. The quantitative estimate of drug-likeness (QED) is 0.653. The van der Waals surface area contributed by atoms with E-state index in [-0.39, 0.29) is 0 Å². The molecule has 1 heterocycles. The number of hydrogen-bond donors (Lipinski definition) is 1. The fourth-order valence-corrected chi connectivity index (χ4v) is 1.12. The number of thiazole rings is 1. The highest BCUT2D eigenvalue weighted by atomic mass is 32.1. The molecule has 0 saturated carbocycles. The fraction of sp³-hybridized carbons (Fsp3) is 0.500. The van der Waals surface area contributed by atoms with Crippen molar-refractivity contribution < 1.29 is 4.74 Å². The van der Waals surface area contributed by atoms with Crippen molar-refractivity contribution in [2.24, 2.45) is 5.73 Å². The molecule has 4 heteroatoms. The van der Waals surface area contributed by atoms with E-state index >= 15 is 0 Å². The third-order valence-electron chi connectivity index (χ3n) is 0.971. The van der Waals surface area contributed by atoms with Gasteiger partial charge in [0.1, 0.15) is 5.01 Å². The second-order valence-electron chi connectivity index (χ2n) is 1.77. The smallest absolute Gasteiger partial charge is 0.118 e. The van der Waals surface area contributed by atoms with Crippen molar-refractivity contribution in [1.29, 1.82) is 0 Å². The van der Waals surface area contributed by atoms with Gasteiger partial charge in [-0.15, -0.1) is 11.3 Å². The van der Waals surface area contributed by atoms with Gasteiger partial charge in [-0.05, 0) is 0 Å². The van der Waals surface area contributed by atoms with Crippen LogP contribution in [0.1, 0.15) is 5.01 Å². The number of rotatable bonds is 4. The molecule has 0 saturated heterocycles. The monoisotopic (exact) mass is 158 g/mol. The summed E-state index contributed by atoms with van der Waals surface area (Å²) < 4.78 is 5.15. The molecule has 0 bridgehead atoms. The highest BCUT2D eigenvalue weighted by molar-refractivity contribution is 7.09. The van der Waals surface area contributed by atoms with Gasteiger partial charge in [0.15, 0.2) is 0 Å². The Morgan fingerprint density at radius 2 is 2.60 bits per heavy atom. The van der Waals surface area contributed by atoms with Crippen molar-refractivity contribution in [2.45, 2.75) is 6.61 Å². The first-order valence-corrected chi connectivity index (χ1v) is 3.97. The molecule has 0 fully saturated rings. The summed E-state index contributed by atoms with van der Waals surface area (Å²) in [7, 11) is 0. The average molecular weight is 158 g/mol. The summed E-state index contributed by atoms with van der Waals surface area (Å²) in [4.78, 5) is 4.04. The minimum absolute atomic E-state index is 0.575. The number of hydrogen-bond acceptors (Lipinski definition) is 4. The fourth-order valence-electron chi connectivity index (χ4n) is 0.567. The molecule has 56 valence electrons. The Morgan fingerprint density at radius 3 is 3.20 bits per heavy atom. The maximum atomic E-state index is 5.23. The zero-order valence-corrected chi connectivity index (χ0v) is 6.43. The number of ether oxygens (including phenoxy) is 1. The van der Waals surface area contributed by atoms with Crippen molar-refractivity contribution in [3.05, 3.63) is 16.6 Å². The van der Waals surface area contributed by atoms with Gasteiger partial charge < -0.3 is 10.5 Å². The molecule has 3 nitrogen and oxygen atoms in total. The lowest BCUT2D eigenvalue weighted by Gasteiger charge is -1.96. The standard InChI is InChI=1S/C6H10N2OS/c7-1-3-9-5-6-8-2-4-10-6/h2,4H,1,3,5,7H2. The third-order valence-corrected chi connectivity index (χ3v) is 1.72. The molecule has 0 aliphatic heterocycles. The maximum absolute atomic E-state index is 5.23. The molecule has 1 rings (SSSR count). The molecular formula is C6H10N2OS. The van der Waals surface area contributed by atoms with Gasteiger partial charge in [-0.2, -0.15) is 0 Å². The molecule has 0 amide bonds. The normalized spacial score (nSPS) is 10.1. The summed E-state index contributed by atoms with van der Waals surface area (Å²) in [5.74, 6) is 0. The predicted octanol–water partition coefficient (Wildman–Crippen LogP) is 0.618. The summed E-state index contributed by atoms with van der Waals surface area (Å²) in [6.07, 6.45) is 1.77. The number of aromatic nitrogens is 1. The van der Waals surface area contributed by atoms with Crippen LogP contribution in [0.2, 0.25) is 0 Å². The van der Waals surface area contributed by atoms with Gasteiger partial charge >= 0.3 is 0 Å². The van der Waals surface area contributed by atoms with Crippen LogP contribution in [0.3, 0.4) is 0 Å². The van der Waals surface area contributed by atoms with Crippen molar-refractivity contribution >= 4 is 11.3 Å². The van der Waals surface area contributed by atoms with E-state index in [4.69, 9.17) is 10.5 Å². The van der Waals surface area contributed by atoms with E-state index in [0.29, 0.717) is 19.8 Å². The zero-order chi connectivity index (χ0) is 7.23. The van der Waals surface area contributed by atoms with Crippen LogP contribution in [-0.4, -0.2) is 18.1 Å². The lowest BCUT2D eigenvalue weighted by molar-refractivity contribution is 0.128. The molecule has 0 unspecified atom stereocenters. The van der Waals surface area contributed by atoms with Gasteiger partial charge in [0, 0.05) is 18.1 Å². The molecule has 0 aliphatic carbocycles. The van der Waals surface area contributed by atoms with Crippen molar-refractivity contribution in [3.63, 3.8) is 0 Å². The summed E-state index contributed by atoms with van der Waals surface area (Å²) in [5, 5.41) is 2.94. The van der Waals surface area contributed by atoms with Gasteiger partial charge in [-0.1, -0.05) is 0 Å². The second-order valence-corrected chi connectivity index (χ2v) is 2.75. The van der Waals surface area contributed by atoms with Crippen molar-refractivity contribution in [2.75, 3.05) is 13.2 Å². The first kappa shape index (κ1) is 7.65. The first-order chi connectivity index (χ1) is 4.93. The van der Waals surface area contributed by atoms with E-state index in [1.54, 1.807) is 17.5 Å². The average Bonchev–Trinajstić information content (AvgIpc) is 2.41. The maximum Gasteiger partial charge on any atom is 0.118 e. The molecule has 0 spiro atoms. The van der Waals surface area contributed by atoms with E-state index in [2.05, 4.69) is 4.98 Å². The molecule has 2 N–H and O–H groups in total. The van der Waals surface area contributed by atoms with Crippen LogP contribution in [0.5, 0.6) is 0 Å². The van der Waals surface area contributed by atoms with Gasteiger partial charge in [0.25, 0.3) is 0 Å². The highest BCUT2D eigenvalue weighted by Gasteiger charge is 1.92. The summed E-state index contributed by atoms with van der Waals surface area (Å²) in [5.41, 5.74) is 5.23. The van der Waals surface area contributed by atoms with Crippen LogP contribution in [0.4, 0.5) is 0 Å². The van der Waals surface area contributed by atoms with E-state index in [1.165, 1.54) is 0 Å². The molecule has 10 heavy (non-hydrogen) atoms. The van der Waals surface area contributed by atoms with Gasteiger partial charge in [0.2, 0.25) is 0 Å². The molecule has 0 aromatic carbocycles. The zero-order valence-electron chi connectivity index (χ0n) is 5.62. The predicted molar refractivity (Wildman–Crippen MR) is 40.8 cm³/mol. The number of nitrogens with zero attached hydrogens (tertiary/aromatic N) is 1. The Labute approximate surface area is 63.8 Å². The highest BCUT2D eigenvalue weighted by Crippen LogP contribution is 2.04. The molecule has 0 atom stereocenters. The van der Waals surface area contributed by atoms with E-state index in [0.717, 1.165) is 5.01 Å². The lowest BCUT2D eigenvalue weighted by Crippen LogP contribution is -2.07. The topological polar surface area (TPSA) is 48.1 Å². The van der Waals surface area contributed by atoms with E-state index < -0.39 is 0 Å². The van der Waals surface area contributed by atoms with E-state index in [9.17, 15) is 0 Å².